The molecule has 23 heavy (non-hydrogen) atoms. The summed E-state index contributed by atoms with van der Waals surface area (Å²) in [7, 11) is 0. The minimum absolute atomic E-state index is 0.446. The summed E-state index contributed by atoms with van der Waals surface area (Å²) in [6.45, 7) is 12.2. The van der Waals surface area contributed by atoms with Gasteiger partial charge in [-0.1, -0.05) is 59.8 Å². The van der Waals surface area contributed by atoms with Crippen LogP contribution in [-0.2, 0) is 0 Å². The van der Waals surface area contributed by atoms with Crippen LogP contribution in [0.5, 0.6) is 0 Å². The quantitative estimate of drug-likeness (QED) is 0.752. The highest BCUT2D eigenvalue weighted by molar-refractivity contribution is 4.84. The molecule has 0 amide bonds. The zero-order chi connectivity index (χ0) is 16.7. The van der Waals surface area contributed by atoms with E-state index in [1.54, 1.807) is 0 Å². The third-order valence-electron chi connectivity index (χ3n) is 6.42. The zero-order valence-electron chi connectivity index (χ0n) is 16.3. The highest BCUT2D eigenvalue weighted by Gasteiger charge is 2.28. The molecule has 0 saturated carbocycles. The van der Waals surface area contributed by atoms with Gasteiger partial charge < -0.3 is 10.6 Å². The minimum Gasteiger partial charge on any atom is -0.314 e. The second-order valence-electron chi connectivity index (χ2n) is 9.43. The fraction of sp³-hybridized carbons (Fsp3) is 1.00. The fourth-order valence-electron chi connectivity index (χ4n) is 4.57. The first-order chi connectivity index (χ1) is 11.0. The Morgan fingerprint density at radius 3 is 2.35 bits per heavy atom. The Morgan fingerprint density at radius 1 is 0.870 bits per heavy atom. The van der Waals surface area contributed by atoms with Crippen molar-refractivity contribution >= 4 is 0 Å². The van der Waals surface area contributed by atoms with Crippen LogP contribution in [0.4, 0.5) is 0 Å². The molecular weight excluding hydrogens is 280 g/mol. The Balaban J connectivity index is 1.82. The summed E-state index contributed by atoms with van der Waals surface area (Å²) in [5, 5.41) is 7.79. The molecule has 0 aromatic carbocycles. The molecule has 0 radical (unpaired) electrons. The summed E-state index contributed by atoms with van der Waals surface area (Å²) >= 11 is 0. The lowest BCUT2D eigenvalue weighted by Gasteiger charge is -2.36. The fourth-order valence-corrected chi connectivity index (χ4v) is 4.57. The van der Waals surface area contributed by atoms with Gasteiger partial charge in [-0.3, -0.25) is 0 Å². The molecule has 2 aliphatic rings. The monoisotopic (exact) mass is 322 g/mol. The Labute approximate surface area is 145 Å². The number of hydrogen-bond donors (Lipinski definition) is 2. The number of nitrogens with one attached hydrogen (secondary N) is 2. The maximum absolute atomic E-state index is 3.95. The van der Waals surface area contributed by atoms with Crippen LogP contribution in [0.2, 0.25) is 0 Å². The summed E-state index contributed by atoms with van der Waals surface area (Å²) in [6.07, 6.45) is 14.0. The molecule has 0 aromatic heterocycles. The highest BCUT2D eigenvalue weighted by Crippen LogP contribution is 2.32. The van der Waals surface area contributed by atoms with Gasteiger partial charge in [-0.25, -0.2) is 0 Å². The molecule has 2 fully saturated rings. The SMILES string of the molecule is CC(CC1CCCCC(C(C)(C)C)CN1)C1CCCCCCN1. The second kappa shape index (κ2) is 9.42. The Bertz CT molecular complexity index is 312. The molecule has 0 bridgehead atoms. The highest BCUT2D eigenvalue weighted by atomic mass is 14.9. The predicted octanol–water partition coefficient (Wildman–Crippen LogP) is 5.13. The third-order valence-corrected chi connectivity index (χ3v) is 6.42. The van der Waals surface area contributed by atoms with E-state index in [9.17, 15) is 0 Å². The average molecular weight is 323 g/mol. The van der Waals surface area contributed by atoms with Crippen molar-refractivity contribution in [3.05, 3.63) is 0 Å². The normalized spacial score (nSPS) is 33.1. The van der Waals surface area contributed by atoms with E-state index in [0.717, 1.165) is 23.9 Å². The van der Waals surface area contributed by atoms with Gasteiger partial charge in [0.1, 0.15) is 0 Å². The number of rotatable bonds is 3. The second-order valence-corrected chi connectivity index (χ2v) is 9.43. The molecule has 2 N–H and O–H groups in total. The van der Waals surface area contributed by atoms with Crippen molar-refractivity contribution in [2.45, 2.75) is 104 Å². The molecule has 2 nitrogen and oxygen atoms in total. The summed E-state index contributed by atoms with van der Waals surface area (Å²) < 4.78 is 0. The first kappa shape index (κ1) is 19.2. The van der Waals surface area contributed by atoms with Gasteiger partial charge in [-0.2, -0.15) is 0 Å². The smallest absolute Gasteiger partial charge is 0.00932 e. The Hall–Kier alpha value is -0.0800. The molecule has 2 rings (SSSR count). The van der Waals surface area contributed by atoms with E-state index in [-0.39, 0.29) is 0 Å². The Morgan fingerprint density at radius 2 is 1.57 bits per heavy atom. The zero-order valence-corrected chi connectivity index (χ0v) is 16.3. The molecule has 2 aliphatic heterocycles. The summed E-state index contributed by atoms with van der Waals surface area (Å²) in [6, 6.07) is 1.49. The summed E-state index contributed by atoms with van der Waals surface area (Å²) in [5.74, 6) is 1.64. The molecule has 0 spiro atoms. The van der Waals surface area contributed by atoms with Crippen molar-refractivity contribution < 1.29 is 0 Å². The van der Waals surface area contributed by atoms with Gasteiger partial charge >= 0.3 is 0 Å². The van der Waals surface area contributed by atoms with E-state index < -0.39 is 0 Å². The van der Waals surface area contributed by atoms with Gasteiger partial charge in [-0.15, -0.1) is 0 Å². The molecule has 2 heteroatoms. The lowest BCUT2D eigenvalue weighted by atomic mass is 9.76. The van der Waals surface area contributed by atoms with Gasteiger partial charge in [0, 0.05) is 12.1 Å². The molecule has 136 valence electrons. The van der Waals surface area contributed by atoms with Gasteiger partial charge in [0.25, 0.3) is 0 Å². The van der Waals surface area contributed by atoms with E-state index in [1.165, 1.54) is 77.3 Å². The van der Waals surface area contributed by atoms with Crippen LogP contribution in [0, 0.1) is 17.3 Å². The molecule has 4 atom stereocenters. The largest absolute Gasteiger partial charge is 0.314 e. The van der Waals surface area contributed by atoms with Crippen molar-refractivity contribution in [3.8, 4) is 0 Å². The van der Waals surface area contributed by atoms with Crippen molar-refractivity contribution in [2.75, 3.05) is 13.1 Å². The van der Waals surface area contributed by atoms with Gasteiger partial charge in [0.15, 0.2) is 0 Å². The molecule has 0 aromatic rings. The molecule has 4 unspecified atom stereocenters. The predicted molar refractivity (Wildman–Crippen MR) is 102 cm³/mol. The van der Waals surface area contributed by atoms with E-state index in [2.05, 4.69) is 38.3 Å². The van der Waals surface area contributed by atoms with Crippen molar-refractivity contribution in [2.24, 2.45) is 17.3 Å². The maximum Gasteiger partial charge on any atom is 0.00932 e. The van der Waals surface area contributed by atoms with Crippen LogP contribution in [0.3, 0.4) is 0 Å². The van der Waals surface area contributed by atoms with Crippen molar-refractivity contribution in [3.63, 3.8) is 0 Å². The summed E-state index contributed by atoms with van der Waals surface area (Å²) in [4.78, 5) is 0. The van der Waals surface area contributed by atoms with Crippen LogP contribution in [0.25, 0.3) is 0 Å². The van der Waals surface area contributed by atoms with Gasteiger partial charge in [0.2, 0.25) is 0 Å². The van der Waals surface area contributed by atoms with Crippen molar-refractivity contribution in [1.82, 2.24) is 10.6 Å². The lowest BCUT2D eigenvalue weighted by Crippen LogP contribution is -2.43. The van der Waals surface area contributed by atoms with Crippen molar-refractivity contribution in [1.29, 1.82) is 0 Å². The molecule has 0 aliphatic carbocycles. The van der Waals surface area contributed by atoms with E-state index in [0.29, 0.717) is 5.41 Å². The number of hydrogen-bond acceptors (Lipinski definition) is 2. The molecular formula is C21H42N2. The van der Waals surface area contributed by atoms with Crippen LogP contribution >= 0.6 is 0 Å². The standard InChI is InChI=1S/C21H42N2/c1-17(20-13-7-5-6-10-14-22-20)15-19-12-9-8-11-18(16-23-19)21(2,3)4/h17-20,22-23H,5-16H2,1-4H3. The third kappa shape index (κ3) is 6.74. The maximum atomic E-state index is 3.95. The molecule has 2 heterocycles. The van der Waals surface area contributed by atoms with E-state index >= 15 is 0 Å². The van der Waals surface area contributed by atoms with Crippen LogP contribution < -0.4 is 10.6 Å². The van der Waals surface area contributed by atoms with E-state index in [1.807, 2.05) is 0 Å². The molecule has 2 saturated heterocycles. The topological polar surface area (TPSA) is 24.1 Å². The van der Waals surface area contributed by atoms with Crippen LogP contribution in [0.15, 0.2) is 0 Å². The minimum atomic E-state index is 0.446. The van der Waals surface area contributed by atoms with Crippen LogP contribution in [0.1, 0.15) is 91.9 Å². The van der Waals surface area contributed by atoms with Gasteiger partial charge in [0.05, 0.1) is 0 Å². The average Bonchev–Trinajstić information content (AvgIpc) is 2.39. The lowest BCUT2D eigenvalue weighted by molar-refractivity contribution is 0.183. The van der Waals surface area contributed by atoms with Crippen LogP contribution in [-0.4, -0.2) is 25.2 Å². The summed E-state index contributed by atoms with van der Waals surface area (Å²) in [5.41, 5.74) is 0.446. The Kier molecular flexibility index (Phi) is 7.88. The van der Waals surface area contributed by atoms with E-state index in [4.69, 9.17) is 0 Å². The first-order valence-electron chi connectivity index (χ1n) is 10.4. The van der Waals surface area contributed by atoms with Gasteiger partial charge in [-0.05, 0) is 62.4 Å². The first-order valence-corrected chi connectivity index (χ1v) is 10.4.